The van der Waals surface area contributed by atoms with Crippen molar-refractivity contribution in [3.05, 3.63) is 53.7 Å². The summed E-state index contributed by atoms with van der Waals surface area (Å²) in [6.45, 7) is 2.60. The van der Waals surface area contributed by atoms with Crippen LogP contribution in [0.3, 0.4) is 0 Å². The van der Waals surface area contributed by atoms with E-state index < -0.39 is 0 Å². The molecular formula is C21H28Cl2N4O2. The van der Waals surface area contributed by atoms with Gasteiger partial charge in [-0.05, 0) is 42.8 Å². The largest absolute Gasteiger partial charge is 0.497 e. The summed E-state index contributed by atoms with van der Waals surface area (Å²) in [5, 5.41) is 3.02. The maximum Gasteiger partial charge on any atom is 0.257 e. The normalized spacial score (nSPS) is 23.0. The Hall–Kier alpha value is -2.02. The molecule has 29 heavy (non-hydrogen) atoms. The van der Waals surface area contributed by atoms with Crippen LogP contribution in [0, 0.1) is 11.8 Å². The molecule has 2 aliphatic heterocycles. The number of carbonyl (C=O) groups is 1. The van der Waals surface area contributed by atoms with Crippen molar-refractivity contribution in [3.8, 4) is 5.75 Å². The molecule has 158 valence electrons. The number of carbonyl (C=O) groups excluding carboxylic acids is 1. The number of benzene rings is 1. The molecule has 8 heteroatoms. The van der Waals surface area contributed by atoms with E-state index in [1.807, 2.05) is 29.2 Å². The third-order valence-electron chi connectivity index (χ3n) is 5.91. The summed E-state index contributed by atoms with van der Waals surface area (Å²) in [6, 6.07) is 12.3. The molecule has 1 aromatic carbocycles. The number of hydrogen-bond acceptors (Lipinski definition) is 5. The van der Waals surface area contributed by atoms with Crippen molar-refractivity contribution in [3.63, 3.8) is 0 Å². The molecule has 0 bridgehead atoms. The Morgan fingerprint density at radius 1 is 1.14 bits per heavy atom. The van der Waals surface area contributed by atoms with Gasteiger partial charge in [-0.15, -0.1) is 24.8 Å². The fourth-order valence-corrected chi connectivity index (χ4v) is 4.67. The molecule has 3 atom stereocenters. The van der Waals surface area contributed by atoms with Gasteiger partial charge in [-0.1, -0.05) is 12.1 Å². The van der Waals surface area contributed by atoms with Gasteiger partial charge in [0.05, 0.1) is 12.7 Å². The summed E-state index contributed by atoms with van der Waals surface area (Å²) < 4.78 is 5.29. The number of aromatic nitrogens is 1. The van der Waals surface area contributed by atoms with E-state index >= 15 is 0 Å². The molecule has 2 saturated heterocycles. The van der Waals surface area contributed by atoms with Gasteiger partial charge in [0.15, 0.2) is 0 Å². The van der Waals surface area contributed by atoms with Crippen LogP contribution < -0.4 is 10.1 Å². The minimum atomic E-state index is 0. The molecule has 0 unspecified atom stereocenters. The third kappa shape index (κ3) is 4.29. The van der Waals surface area contributed by atoms with Crippen molar-refractivity contribution in [2.45, 2.75) is 6.04 Å². The fraction of sp³-hybridized carbons (Fsp3) is 0.429. The molecule has 0 saturated carbocycles. The summed E-state index contributed by atoms with van der Waals surface area (Å²) in [6.07, 6.45) is 1.70. The van der Waals surface area contributed by atoms with Crippen LogP contribution in [0.4, 0.5) is 5.82 Å². The van der Waals surface area contributed by atoms with Gasteiger partial charge < -0.3 is 15.0 Å². The van der Waals surface area contributed by atoms with E-state index in [1.165, 1.54) is 5.56 Å². The van der Waals surface area contributed by atoms with E-state index in [1.54, 1.807) is 20.4 Å². The maximum atomic E-state index is 13.1. The van der Waals surface area contributed by atoms with Crippen molar-refractivity contribution in [2.75, 3.05) is 46.2 Å². The minimum absolute atomic E-state index is 0. The van der Waals surface area contributed by atoms with Crippen LogP contribution >= 0.6 is 24.8 Å². The van der Waals surface area contributed by atoms with E-state index in [0.29, 0.717) is 29.3 Å². The van der Waals surface area contributed by atoms with Gasteiger partial charge in [-0.25, -0.2) is 4.98 Å². The first-order valence-corrected chi connectivity index (χ1v) is 9.38. The number of methoxy groups -OCH3 is 1. The third-order valence-corrected chi connectivity index (χ3v) is 5.91. The molecule has 2 aliphatic rings. The summed E-state index contributed by atoms with van der Waals surface area (Å²) in [7, 11) is 5.66. The number of fused-ring (bicyclic) bond motifs is 1. The van der Waals surface area contributed by atoms with Gasteiger partial charge >= 0.3 is 0 Å². The zero-order valence-electron chi connectivity index (χ0n) is 16.9. The SMILES string of the molecule is CNc1ncccc1C(=O)N1C[C@@H]2CN(C)[C@@H](c3ccc(OC)cc3)[C@@H]2C1.Cl.Cl. The second-order valence-electron chi connectivity index (χ2n) is 7.44. The second kappa shape index (κ2) is 9.65. The molecule has 0 radical (unpaired) electrons. The average Bonchev–Trinajstić information content (AvgIpc) is 3.24. The number of hydrogen-bond donors (Lipinski definition) is 1. The van der Waals surface area contributed by atoms with Gasteiger partial charge in [-0.3, -0.25) is 9.69 Å². The zero-order valence-corrected chi connectivity index (χ0v) is 18.5. The average molecular weight is 439 g/mol. The number of amides is 1. The Balaban J connectivity index is 0.00000150. The van der Waals surface area contributed by atoms with Gasteiger partial charge in [-0.2, -0.15) is 0 Å². The predicted molar refractivity (Wildman–Crippen MR) is 120 cm³/mol. The molecule has 4 rings (SSSR count). The van der Waals surface area contributed by atoms with E-state index in [2.05, 4.69) is 34.4 Å². The number of halogens is 2. The van der Waals surface area contributed by atoms with Crippen molar-refractivity contribution < 1.29 is 9.53 Å². The highest BCUT2D eigenvalue weighted by atomic mass is 35.5. The van der Waals surface area contributed by atoms with E-state index in [0.717, 1.165) is 25.4 Å². The first kappa shape index (κ1) is 23.3. The maximum absolute atomic E-state index is 13.1. The molecule has 2 aromatic rings. The van der Waals surface area contributed by atoms with E-state index in [9.17, 15) is 4.79 Å². The van der Waals surface area contributed by atoms with Crippen LogP contribution in [0.5, 0.6) is 5.75 Å². The Morgan fingerprint density at radius 3 is 2.52 bits per heavy atom. The van der Waals surface area contributed by atoms with Crippen molar-refractivity contribution in [1.82, 2.24) is 14.8 Å². The number of pyridine rings is 1. The van der Waals surface area contributed by atoms with Crippen LogP contribution in [0.15, 0.2) is 42.6 Å². The summed E-state index contributed by atoms with van der Waals surface area (Å²) in [5.74, 6) is 2.53. The van der Waals surface area contributed by atoms with Crippen molar-refractivity contribution >= 4 is 36.5 Å². The standard InChI is InChI=1S/C21H26N4O2.2ClH/c1-22-20-17(5-4-10-23-20)21(26)25-12-15-11-24(2)19(18(15)13-25)14-6-8-16(27-3)9-7-14;;/h4-10,15,18-19H,11-13H2,1-3H3,(H,22,23);2*1H/t15-,18+,19-;;/m0../s1. The van der Waals surface area contributed by atoms with Crippen LogP contribution in [0.2, 0.25) is 0 Å². The number of anilines is 1. The van der Waals surface area contributed by atoms with E-state index in [-0.39, 0.29) is 30.7 Å². The fourth-order valence-electron chi connectivity index (χ4n) is 4.67. The zero-order chi connectivity index (χ0) is 19.0. The Kier molecular flexibility index (Phi) is 7.74. The monoisotopic (exact) mass is 438 g/mol. The number of rotatable bonds is 4. The highest BCUT2D eigenvalue weighted by Crippen LogP contribution is 2.44. The topological polar surface area (TPSA) is 57.7 Å². The highest BCUT2D eigenvalue weighted by molar-refractivity contribution is 5.98. The molecular weight excluding hydrogens is 411 g/mol. The number of nitrogens with one attached hydrogen (secondary N) is 1. The van der Waals surface area contributed by atoms with Crippen LogP contribution in [0.25, 0.3) is 0 Å². The van der Waals surface area contributed by atoms with E-state index in [4.69, 9.17) is 4.74 Å². The number of ether oxygens (including phenoxy) is 1. The van der Waals surface area contributed by atoms with Crippen molar-refractivity contribution in [2.24, 2.45) is 11.8 Å². The number of likely N-dealkylation sites (tertiary alicyclic amines) is 2. The molecule has 6 nitrogen and oxygen atoms in total. The predicted octanol–water partition coefficient (Wildman–Crippen LogP) is 3.35. The molecule has 1 amide bonds. The summed E-state index contributed by atoms with van der Waals surface area (Å²) in [4.78, 5) is 21.8. The Labute approximate surface area is 184 Å². The lowest BCUT2D eigenvalue weighted by molar-refractivity contribution is 0.0768. The molecule has 1 aromatic heterocycles. The Morgan fingerprint density at radius 2 is 1.86 bits per heavy atom. The number of nitrogens with zero attached hydrogens (tertiary/aromatic N) is 3. The van der Waals surface area contributed by atoms with Crippen LogP contribution in [0.1, 0.15) is 22.0 Å². The van der Waals surface area contributed by atoms with Crippen LogP contribution in [-0.4, -0.2) is 61.5 Å². The summed E-state index contributed by atoms with van der Waals surface area (Å²) in [5.41, 5.74) is 1.94. The van der Waals surface area contributed by atoms with Gasteiger partial charge in [0.2, 0.25) is 0 Å². The smallest absolute Gasteiger partial charge is 0.257 e. The lowest BCUT2D eigenvalue weighted by Gasteiger charge is -2.27. The Bertz CT molecular complexity index is 834. The quantitative estimate of drug-likeness (QED) is 0.792. The lowest BCUT2D eigenvalue weighted by atomic mass is 9.89. The molecule has 1 N–H and O–H groups in total. The molecule has 2 fully saturated rings. The molecule has 3 heterocycles. The lowest BCUT2D eigenvalue weighted by Crippen LogP contribution is -2.33. The minimum Gasteiger partial charge on any atom is -0.497 e. The second-order valence-corrected chi connectivity index (χ2v) is 7.44. The first-order chi connectivity index (χ1) is 13.1. The van der Waals surface area contributed by atoms with Gasteiger partial charge in [0.25, 0.3) is 5.91 Å². The van der Waals surface area contributed by atoms with Gasteiger partial charge in [0, 0.05) is 44.8 Å². The highest BCUT2D eigenvalue weighted by Gasteiger charge is 2.47. The first-order valence-electron chi connectivity index (χ1n) is 9.38. The summed E-state index contributed by atoms with van der Waals surface area (Å²) >= 11 is 0. The van der Waals surface area contributed by atoms with Gasteiger partial charge in [0.1, 0.15) is 11.6 Å². The molecule has 0 spiro atoms. The van der Waals surface area contributed by atoms with Crippen molar-refractivity contribution in [1.29, 1.82) is 0 Å². The molecule has 0 aliphatic carbocycles. The van der Waals surface area contributed by atoms with Crippen LogP contribution in [-0.2, 0) is 0 Å².